The third-order valence-electron chi connectivity index (χ3n) is 4.19. The highest BCUT2D eigenvalue weighted by Crippen LogP contribution is 2.31. The van der Waals surface area contributed by atoms with Crippen molar-refractivity contribution in [2.24, 2.45) is 0 Å². The summed E-state index contributed by atoms with van der Waals surface area (Å²) in [7, 11) is 1.73. The Kier molecular flexibility index (Phi) is 5.78. The smallest absolute Gasteiger partial charge is 0.223 e. The van der Waals surface area contributed by atoms with Gasteiger partial charge in [0.2, 0.25) is 5.91 Å². The molecule has 1 aliphatic heterocycles. The Hall–Kier alpha value is -2.53. The van der Waals surface area contributed by atoms with Gasteiger partial charge in [0, 0.05) is 37.0 Å². The number of hydrogen-bond donors (Lipinski definition) is 0. The van der Waals surface area contributed by atoms with Crippen molar-refractivity contribution in [3.05, 3.63) is 58.6 Å². The molecule has 0 radical (unpaired) electrons. The Bertz CT molecular complexity index is 804. The summed E-state index contributed by atoms with van der Waals surface area (Å²) in [6.07, 6.45) is 0.320. The molecule has 26 heavy (non-hydrogen) atoms. The summed E-state index contributed by atoms with van der Waals surface area (Å²) < 4.78 is 10.9. The number of carbonyl (C=O) groups excluding carboxylic acids is 2. The fourth-order valence-electron chi connectivity index (χ4n) is 2.72. The second-order valence-electron chi connectivity index (χ2n) is 6.16. The van der Waals surface area contributed by atoms with Gasteiger partial charge in [0.05, 0.1) is 0 Å². The molecule has 0 saturated carbocycles. The van der Waals surface area contributed by atoms with E-state index in [0.717, 1.165) is 5.56 Å². The van der Waals surface area contributed by atoms with Crippen LogP contribution in [-0.2, 0) is 11.3 Å². The summed E-state index contributed by atoms with van der Waals surface area (Å²) in [5.41, 5.74) is 1.52. The number of hydrogen-bond acceptors (Lipinski definition) is 4. The van der Waals surface area contributed by atoms with Crippen LogP contribution >= 0.6 is 11.6 Å². The maximum atomic E-state index is 12.4. The molecular formula is C20H20ClNO4. The monoisotopic (exact) mass is 373 g/mol. The van der Waals surface area contributed by atoms with E-state index in [4.69, 9.17) is 21.1 Å². The van der Waals surface area contributed by atoms with E-state index >= 15 is 0 Å². The van der Waals surface area contributed by atoms with Gasteiger partial charge in [-0.15, -0.1) is 0 Å². The molecule has 0 saturated heterocycles. The summed E-state index contributed by atoms with van der Waals surface area (Å²) in [5.74, 6) is 1.06. The Balaban J connectivity index is 1.53. The van der Waals surface area contributed by atoms with Crippen LogP contribution in [0.5, 0.6) is 11.5 Å². The Morgan fingerprint density at radius 3 is 2.42 bits per heavy atom. The minimum absolute atomic E-state index is 0.0779. The highest BCUT2D eigenvalue weighted by Gasteiger charge is 2.17. The molecule has 5 nitrogen and oxygen atoms in total. The molecule has 2 aromatic carbocycles. The molecule has 0 atom stereocenters. The molecule has 0 spiro atoms. The number of amides is 1. The summed E-state index contributed by atoms with van der Waals surface area (Å²) in [4.78, 5) is 26.3. The van der Waals surface area contributed by atoms with Crippen LogP contribution in [0.4, 0.5) is 0 Å². The molecule has 1 amide bonds. The van der Waals surface area contributed by atoms with E-state index in [1.165, 1.54) is 0 Å². The van der Waals surface area contributed by atoms with Crippen LogP contribution in [-0.4, -0.2) is 36.9 Å². The van der Waals surface area contributed by atoms with E-state index < -0.39 is 0 Å². The molecule has 6 heteroatoms. The van der Waals surface area contributed by atoms with Crippen molar-refractivity contribution in [1.82, 2.24) is 4.90 Å². The second-order valence-corrected chi connectivity index (χ2v) is 6.59. The summed E-state index contributed by atoms with van der Waals surface area (Å²) in [6.45, 7) is 1.46. The predicted molar refractivity (Wildman–Crippen MR) is 98.9 cm³/mol. The maximum Gasteiger partial charge on any atom is 0.223 e. The van der Waals surface area contributed by atoms with Gasteiger partial charge < -0.3 is 14.4 Å². The molecule has 136 valence electrons. The SMILES string of the molecule is CN(Cc1ccc(Cl)cc1)C(=O)CCC(=O)c1ccc2c(c1)OCCO2. The van der Waals surface area contributed by atoms with E-state index in [1.807, 2.05) is 12.1 Å². The van der Waals surface area contributed by atoms with Crippen molar-refractivity contribution in [2.75, 3.05) is 20.3 Å². The molecule has 1 heterocycles. The topological polar surface area (TPSA) is 55.8 Å². The largest absolute Gasteiger partial charge is 0.486 e. The zero-order chi connectivity index (χ0) is 18.5. The van der Waals surface area contributed by atoms with Gasteiger partial charge >= 0.3 is 0 Å². The van der Waals surface area contributed by atoms with Crippen molar-refractivity contribution in [2.45, 2.75) is 19.4 Å². The zero-order valence-electron chi connectivity index (χ0n) is 14.5. The van der Waals surface area contributed by atoms with Crippen LogP contribution in [0, 0.1) is 0 Å². The van der Waals surface area contributed by atoms with Crippen LogP contribution in [0.25, 0.3) is 0 Å². The number of carbonyl (C=O) groups is 2. The summed E-state index contributed by atoms with van der Waals surface area (Å²) in [6, 6.07) is 12.5. The first-order valence-electron chi connectivity index (χ1n) is 8.44. The highest BCUT2D eigenvalue weighted by atomic mass is 35.5. The molecule has 1 aliphatic rings. The van der Waals surface area contributed by atoms with Gasteiger partial charge in [-0.25, -0.2) is 0 Å². The third-order valence-corrected chi connectivity index (χ3v) is 4.44. The van der Waals surface area contributed by atoms with Gasteiger partial charge in [-0.1, -0.05) is 23.7 Å². The summed E-state index contributed by atoms with van der Waals surface area (Å²) in [5, 5.41) is 0.660. The molecule has 0 unspecified atom stereocenters. The molecule has 3 rings (SSSR count). The van der Waals surface area contributed by atoms with Gasteiger partial charge in [-0.3, -0.25) is 9.59 Å². The number of benzene rings is 2. The zero-order valence-corrected chi connectivity index (χ0v) is 15.3. The minimum Gasteiger partial charge on any atom is -0.486 e. The fraction of sp³-hybridized carbons (Fsp3) is 0.300. The Labute approximate surface area is 157 Å². The lowest BCUT2D eigenvalue weighted by molar-refractivity contribution is -0.130. The van der Waals surface area contributed by atoms with Crippen LogP contribution in [0.15, 0.2) is 42.5 Å². The van der Waals surface area contributed by atoms with Crippen LogP contribution in [0.1, 0.15) is 28.8 Å². The Morgan fingerprint density at radius 2 is 1.69 bits per heavy atom. The summed E-state index contributed by atoms with van der Waals surface area (Å²) >= 11 is 5.86. The van der Waals surface area contributed by atoms with E-state index in [2.05, 4.69) is 0 Å². The molecule has 0 aromatic heterocycles. The number of rotatable bonds is 6. The fourth-order valence-corrected chi connectivity index (χ4v) is 2.85. The molecule has 0 bridgehead atoms. The van der Waals surface area contributed by atoms with Crippen molar-refractivity contribution < 1.29 is 19.1 Å². The van der Waals surface area contributed by atoms with E-state index in [9.17, 15) is 9.59 Å². The number of fused-ring (bicyclic) bond motifs is 1. The van der Waals surface area contributed by atoms with Gasteiger partial charge in [-0.05, 0) is 35.9 Å². The number of halogens is 1. The van der Waals surface area contributed by atoms with Gasteiger partial charge in [0.1, 0.15) is 13.2 Å². The van der Waals surface area contributed by atoms with Crippen molar-refractivity contribution in [1.29, 1.82) is 0 Å². The number of nitrogens with zero attached hydrogens (tertiary/aromatic N) is 1. The predicted octanol–water partition coefficient (Wildman–Crippen LogP) is 3.73. The lowest BCUT2D eigenvalue weighted by Gasteiger charge is -2.19. The van der Waals surface area contributed by atoms with E-state index in [1.54, 1.807) is 42.3 Å². The van der Waals surface area contributed by atoms with Gasteiger partial charge in [-0.2, -0.15) is 0 Å². The quantitative estimate of drug-likeness (QED) is 0.724. The molecule has 0 fully saturated rings. The normalized spacial score (nSPS) is 12.5. The minimum atomic E-state index is -0.0878. The van der Waals surface area contributed by atoms with Crippen LogP contribution in [0.3, 0.4) is 0 Å². The average Bonchev–Trinajstić information content (AvgIpc) is 2.67. The van der Waals surface area contributed by atoms with E-state index in [0.29, 0.717) is 41.8 Å². The van der Waals surface area contributed by atoms with Crippen molar-refractivity contribution in [3.8, 4) is 11.5 Å². The van der Waals surface area contributed by atoms with E-state index in [-0.39, 0.29) is 24.5 Å². The van der Waals surface area contributed by atoms with Gasteiger partial charge in [0.15, 0.2) is 17.3 Å². The highest BCUT2D eigenvalue weighted by molar-refractivity contribution is 6.30. The second kappa shape index (κ2) is 8.23. The first kappa shape index (κ1) is 18.3. The average molecular weight is 374 g/mol. The van der Waals surface area contributed by atoms with Crippen molar-refractivity contribution in [3.63, 3.8) is 0 Å². The molecule has 2 aromatic rings. The lowest BCUT2D eigenvalue weighted by Crippen LogP contribution is -2.26. The first-order chi connectivity index (χ1) is 12.5. The van der Waals surface area contributed by atoms with Crippen LogP contribution < -0.4 is 9.47 Å². The van der Waals surface area contributed by atoms with Crippen molar-refractivity contribution >= 4 is 23.3 Å². The molecular weight excluding hydrogens is 354 g/mol. The van der Waals surface area contributed by atoms with Gasteiger partial charge in [0.25, 0.3) is 0 Å². The number of Topliss-reactive ketones (excluding diaryl/α,β-unsaturated/α-hetero) is 1. The van der Waals surface area contributed by atoms with Crippen LogP contribution in [0.2, 0.25) is 5.02 Å². The number of ether oxygens (including phenoxy) is 2. The lowest BCUT2D eigenvalue weighted by atomic mass is 10.1. The third kappa shape index (κ3) is 4.55. The number of ketones is 1. The maximum absolute atomic E-state index is 12.4. The molecule has 0 N–H and O–H groups in total. The first-order valence-corrected chi connectivity index (χ1v) is 8.82. The standard InChI is InChI=1S/C20H20ClNO4/c1-22(13-14-2-5-16(21)6-3-14)20(24)9-7-17(23)15-4-8-18-19(12-15)26-11-10-25-18/h2-6,8,12H,7,9-11,13H2,1H3. The Morgan fingerprint density at radius 1 is 1.00 bits per heavy atom. The molecule has 0 aliphatic carbocycles.